The summed E-state index contributed by atoms with van der Waals surface area (Å²) in [4.78, 5) is 4.44. The lowest BCUT2D eigenvalue weighted by molar-refractivity contribution is 0.622. The molecule has 90 valence electrons. The third kappa shape index (κ3) is 2.57. The van der Waals surface area contributed by atoms with Crippen LogP contribution in [0.2, 0.25) is 0 Å². The van der Waals surface area contributed by atoms with Crippen LogP contribution in [0.3, 0.4) is 0 Å². The Morgan fingerprint density at radius 1 is 1.35 bits per heavy atom. The summed E-state index contributed by atoms with van der Waals surface area (Å²) in [5.41, 5.74) is 8.13. The minimum atomic E-state index is -0.314. The van der Waals surface area contributed by atoms with Crippen molar-refractivity contribution in [1.29, 1.82) is 0 Å². The van der Waals surface area contributed by atoms with Gasteiger partial charge in [0.25, 0.3) is 0 Å². The van der Waals surface area contributed by atoms with Gasteiger partial charge in [0.05, 0.1) is 9.99 Å². The smallest absolute Gasteiger partial charge is 0.139 e. The molecule has 2 aromatic rings. The Morgan fingerprint density at radius 3 is 2.71 bits per heavy atom. The number of anilines is 1. The number of hydrogen-bond donors (Lipinski definition) is 1. The Balaban J connectivity index is 2.60. The molecular weight excluding hydrogens is 283 g/mol. The fraction of sp³-hybridized carbons (Fsp3) is 0.308. The monoisotopic (exact) mass is 296 g/mol. The second kappa shape index (κ2) is 4.61. The van der Waals surface area contributed by atoms with E-state index in [4.69, 9.17) is 5.73 Å². The van der Waals surface area contributed by atoms with Gasteiger partial charge in [0, 0.05) is 22.8 Å². The van der Waals surface area contributed by atoms with Crippen molar-refractivity contribution in [2.24, 2.45) is 5.92 Å². The zero-order valence-electron chi connectivity index (χ0n) is 9.80. The van der Waals surface area contributed by atoms with Gasteiger partial charge < -0.3 is 5.73 Å². The van der Waals surface area contributed by atoms with Crippen LogP contribution < -0.4 is 5.73 Å². The molecule has 2 N–H and O–H groups in total. The van der Waals surface area contributed by atoms with Crippen molar-refractivity contribution in [2.45, 2.75) is 20.3 Å². The first-order valence-corrected chi connectivity index (χ1v) is 6.31. The molecule has 0 saturated heterocycles. The third-order valence-corrected chi connectivity index (χ3v) is 3.16. The van der Waals surface area contributed by atoms with Crippen molar-refractivity contribution in [3.63, 3.8) is 0 Å². The van der Waals surface area contributed by atoms with Crippen molar-refractivity contribution in [1.82, 2.24) is 4.98 Å². The maximum atomic E-state index is 13.4. The standard InChI is InChI=1S/C13H14BrFN2/c1-7(2)3-8-4-12(16)9-5-10(14)11(15)6-13(9)17-8/h4-7H,3H2,1-2H3,(H2,16,17). The van der Waals surface area contributed by atoms with Crippen LogP contribution in [0.1, 0.15) is 19.5 Å². The first-order valence-electron chi connectivity index (χ1n) is 5.51. The van der Waals surface area contributed by atoms with Gasteiger partial charge in [-0.1, -0.05) is 13.8 Å². The molecule has 0 radical (unpaired) electrons. The molecular formula is C13H14BrFN2. The minimum Gasteiger partial charge on any atom is -0.398 e. The number of rotatable bonds is 2. The van der Waals surface area contributed by atoms with Crippen molar-refractivity contribution in [3.8, 4) is 0 Å². The quantitative estimate of drug-likeness (QED) is 0.912. The van der Waals surface area contributed by atoms with Gasteiger partial charge >= 0.3 is 0 Å². The van der Waals surface area contributed by atoms with E-state index in [0.29, 0.717) is 21.6 Å². The summed E-state index contributed by atoms with van der Waals surface area (Å²) in [6.45, 7) is 4.23. The summed E-state index contributed by atoms with van der Waals surface area (Å²) in [5.74, 6) is 0.186. The fourth-order valence-electron chi connectivity index (χ4n) is 1.83. The zero-order valence-corrected chi connectivity index (χ0v) is 11.4. The van der Waals surface area contributed by atoms with E-state index in [0.717, 1.165) is 17.5 Å². The van der Waals surface area contributed by atoms with Crippen LogP contribution in [-0.4, -0.2) is 4.98 Å². The molecule has 0 spiro atoms. The highest BCUT2D eigenvalue weighted by Gasteiger charge is 2.08. The van der Waals surface area contributed by atoms with Gasteiger partial charge in [-0.15, -0.1) is 0 Å². The topological polar surface area (TPSA) is 38.9 Å². The molecule has 0 aliphatic rings. The van der Waals surface area contributed by atoms with Crippen LogP contribution >= 0.6 is 15.9 Å². The molecule has 0 atom stereocenters. The van der Waals surface area contributed by atoms with E-state index in [9.17, 15) is 4.39 Å². The summed E-state index contributed by atoms with van der Waals surface area (Å²) >= 11 is 3.15. The molecule has 2 rings (SSSR count). The number of fused-ring (bicyclic) bond motifs is 1. The average Bonchev–Trinajstić information content (AvgIpc) is 2.20. The van der Waals surface area contributed by atoms with Gasteiger partial charge in [-0.25, -0.2) is 4.39 Å². The normalized spacial score (nSPS) is 11.4. The molecule has 1 heterocycles. The van der Waals surface area contributed by atoms with E-state index in [2.05, 4.69) is 34.8 Å². The highest BCUT2D eigenvalue weighted by atomic mass is 79.9. The second-order valence-electron chi connectivity index (χ2n) is 4.58. The van der Waals surface area contributed by atoms with E-state index in [1.165, 1.54) is 6.07 Å². The third-order valence-electron chi connectivity index (χ3n) is 2.55. The molecule has 1 aromatic carbocycles. The lowest BCUT2D eigenvalue weighted by atomic mass is 10.1. The molecule has 0 saturated carbocycles. The first kappa shape index (κ1) is 12.3. The molecule has 0 amide bonds. The number of halogens is 2. The van der Waals surface area contributed by atoms with E-state index in [1.54, 1.807) is 6.07 Å². The lowest BCUT2D eigenvalue weighted by Crippen LogP contribution is -2.00. The second-order valence-corrected chi connectivity index (χ2v) is 5.44. The molecule has 0 aliphatic carbocycles. The first-order chi connectivity index (χ1) is 7.97. The van der Waals surface area contributed by atoms with Crippen LogP contribution in [0.15, 0.2) is 22.7 Å². The number of nitrogens with two attached hydrogens (primary N) is 1. The van der Waals surface area contributed by atoms with Gasteiger partial charge in [-0.05, 0) is 40.4 Å². The maximum absolute atomic E-state index is 13.4. The summed E-state index contributed by atoms with van der Waals surface area (Å²) in [5, 5.41) is 0.783. The minimum absolute atomic E-state index is 0.314. The van der Waals surface area contributed by atoms with Gasteiger partial charge in [-0.2, -0.15) is 0 Å². The Morgan fingerprint density at radius 2 is 2.06 bits per heavy atom. The van der Waals surface area contributed by atoms with Crippen molar-refractivity contribution in [2.75, 3.05) is 5.73 Å². The highest BCUT2D eigenvalue weighted by Crippen LogP contribution is 2.27. The SMILES string of the molecule is CC(C)Cc1cc(N)c2cc(Br)c(F)cc2n1. The summed E-state index contributed by atoms with van der Waals surface area (Å²) in [6, 6.07) is 4.96. The van der Waals surface area contributed by atoms with Crippen LogP contribution in [0.25, 0.3) is 10.9 Å². The van der Waals surface area contributed by atoms with Crippen molar-refractivity contribution in [3.05, 3.63) is 34.2 Å². The Hall–Kier alpha value is -1.16. The van der Waals surface area contributed by atoms with Gasteiger partial charge in [0.1, 0.15) is 5.82 Å². The van der Waals surface area contributed by atoms with Crippen LogP contribution in [0.5, 0.6) is 0 Å². The van der Waals surface area contributed by atoms with E-state index in [1.807, 2.05) is 6.07 Å². The molecule has 0 unspecified atom stereocenters. The van der Waals surface area contributed by atoms with Gasteiger partial charge in [0.2, 0.25) is 0 Å². The Labute approximate surface area is 108 Å². The molecule has 1 aromatic heterocycles. The predicted octanol–water partition coefficient (Wildman–Crippen LogP) is 3.92. The largest absolute Gasteiger partial charge is 0.398 e. The molecule has 17 heavy (non-hydrogen) atoms. The zero-order chi connectivity index (χ0) is 12.6. The molecule has 2 nitrogen and oxygen atoms in total. The van der Waals surface area contributed by atoms with Crippen LogP contribution in [0.4, 0.5) is 10.1 Å². The van der Waals surface area contributed by atoms with Crippen LogP contribution in [0, 0.1) is 11.7 Å². The Bertz CT molecular complexity index is 567. The molecule has 4 heteroatoms. The number of nitrogen functional groups attached to an aromatic ring is 1. The lowest BCUT2D eigenvalue weighted by Gasteiger charge is -2.09. The molecule has 0 fully saturated rings. The van der Waals surface area contributed by atoms with E-state index in [-0.39, 0.29) is 5.82 Å². The number of nitrogens with zero attached hydrogens (tertiary/aromatic N) is 1. The van der Waals surface area contributed by atoms with E-state index >= 15 is 0 Å². The summed E-state index contributed by atoms with van der Waals surface area (Å²) in [6.07, 6.45) is 0.845. The summed E-state index contributed by atoms with van der Waals surface area (Å²) < 4.78 is 13.9. The fourth-order valence-corrected chi connectivity index (χ4v) is 2.17. The number of hydrogen-bond acceptors (Lipinski definition) is 2. The van der Waals surface area contributed by atoms with Crippen LogP contribution in [-0.2, 0) is 6.42 Å². The van der Waals surface area contributed by atoms with Crippen molar-refractivity contribution < 1.29 is 4.39 Å². The van der Waals surface area contributed by atoms with Gasteiger partial charge in [0.15, 0.2) is 0 Å². The molecule has 0 bridgehead atoms. The maximum Gasteiger partial charge on any atom is 0.139 e. The Kier molecular flexibility index (Phi) is 3.33. The van der Waals surface area contributed by atoms with Crippen molar-refractivity contribution >= 4 is 32.5 Å². The number of pyridine rings is 1. The van der Waals surface area contributed by atoms with E-state index < -0.39 is 0 Å². The highest BCUT2D eigenvalue weighted by molar-refractivity contribution is 9.10. The predicted molar refractivity (Wildman–Crippen MR) is 72.4 cm³/mol. The summed E-state index contributed by atoms with van der Waals surface area (Å²) in [7, 11) is 0. The number of aromatic nitrogens is 1. The molecule has 0 aliphatic heterocycles. The average molecular weight is 297 g/mol. The number of benzene rings is 1. The van der Waals surface area contributed by atoms with Gasteiger partial charge in [-0.3, -0.25) is 4.98 Å².